The van der Waals surface area contributed by atoms with Crippen molar-refractivity contribution in [3.05, 3.63) is 105 Å². The Kier molecular flexibility index (Phi) is 4.13. The van der Waals surface area contributed by atoms with Crippen LogP contribution in [0, 0.1) is 3.57 Å². The van der Waals surface area contributed by atoms with Crippen LogP contribution in [0.25, 0.3) is 0 Å². The van der Waals surface area contributed by atoms with Gasteiger partial charge in [-0.05, 0) is 58.0 Å². The average molecular weight is 439 g/mol. The van der Waals surface area contributed by atoms with Crippen LogP contribution in [0.15, 0.2) is 78.9 Å². The molecule has 1 aliphatic heterocycles. The number of nitrogens with zero attached hydrogens (tertiary/aromatic N) is 1. The van der Waals surface area contributed by atoms with Crippen molar-refractivity contribution in [2.24, 2.45) is 0 Å². The molecule has 122 valence electrons. The van der Waals surface area contributed by atoms with Crippen LogP contribution >= 0.6 is 22.6 Å². The van der Waals surface area contributed by atoms with E-state index < -0.39 is 6.04 Å². The first-order valence-electron chi connectivity index (χ1n) is 7.94. The Morgan fingerprint density at radius 2 is 1.12 bits per heavy atom. The van der Waals surface area contributed by atoms with Crippen molar-refractivity contribution in [3.63, 3.8) is 0 Å². The molecule has 1 aliphatic rings. The van der Waals surface area contributed by atoms with Gasteiger partial charge in [-0.1, -0.05) is 54.6 Å². The van der Waals surface area contributed by atoms with Crippen molar-refractivity contribution in [2.75, 3.05) is 0 Å². The standard InChI is InChI=1S/C21H14INO2/c22-16-12-10-15(11-13-16)19(14-6-2-1-3-7-14)23-20(24)17-8-4-5-9-18(17)21(23)25/h1-13,19H. The van der Waals surface area contributed by atoms with Crippen LogP contribution in [-0.2, 0) is 0 Å². The van der Waals surface area contributed by atoms with Crippen molar-refractivity contribution < 1.29 is 9.59 Å². The van der Waals surface area contributed by atoms with Gasteiger partial charge in [0.15, 0.2) is 0 Å². The van der Waals surface area contributed by atoms with Crippen LogP contribution in [0.3, 0.4) is 0 Å². The molecule has 2 amide bonds. The summed E-state index contributed by atoms with van der Waals surface area (Å²) in [5.74, 6) is -0.485. The summed E-state index contributed by atoms with van der Waals surface area (Å²) in [6.07, 6.45) is 0. The van der Waals surface area contributed by atoms with Gasteiger partial charge in [0.05, 0.1) is 17.2 Å². The highest BCUT2D eigenvalue weighted by molar-refractivity contribution is 14.1. The van der Waals surface area contributed by atoms with E-state index in [1.165, 1.54) is 4.90 Å². The molecule has 0 saturated carbocycles. The number of rotatable bonds is 3. The second-order valence-corrected chi connectivity index (χ2v) is 7.14. The first kappa shape index (κ1) is 16.0. The lowest BCUT2D eigenvalue weighted by Gasteiger charge is -2.27. The van der Waals surface area contributed by atoms with E-state index in [9.17, 15) is 9.59 Å². The zero-order valence-corrected chi connectivity index (χ0v) is 15.4. The predicted octanol–water partition coefficient (Wildman–Crippen LogP) is 4.68. The molecule has 3 aromatic carbocycles. The zero-order chi connectivity index (χ0) is 17.4. The van der Waals surface area contributed by atoms with E-state index in [0.29, 0.717) is 11.1 Å². The number of hydrogen-bond donors (Lipinski definition) is 0. The van der Waals surface area contributed by atoms with Crippen LogP contribution < -0.4 is 0 Å². The Morgan fingerprint density at radius 1 is 0.640 bits per heavy atom. The molecular formula is C21H14INO2. The Bertz CT molecular complexity index is 916. The average Bonchev–Trinajstić information content (AvgIpc) is 2.90. The number of fused-ring (bicyclic) bond motifs is 1. The maximum absolute atomic E-state index is 13.0. The predicted molar refractivity (Wildman–Crippen MR) is 104 cm³/mol. The van der Waals surface area contributed by atoms with E-state index in [-0.39, 0.29) is 11.8 Å². The molecule has 0 saturated heterocycles. The fourth-order valence-electron chi connectivity index (χ4n) is 3.21. The molecule has 3 nitrogen and oxygen atoms in total. The number of benzene rings is 3. The molecule has 0 N–H and O–H groups in total. The van der Waals surface area contributed by atoms with E-state index in [2.05, 4.69) is 22.6 Å². The van der Waals surface area contributed by atoms with Crippen molar-refractivity contribution in [1.82, 2.24) is 4.90 Å². The van der Waals surface area contributed by atoms with E-state index in [0.717, 1.165) is 14.7 Å². The van der Waals surface area contributed by atoms with Crippen molar-refractivity contribution >= 4 is 34.4 Å². The van der Waals surface area contributed by atoms with Crippen LogP contribution in [0.4, 0.5) is 0 Å². The van der Waals surface area contributed by atoms with Crippen molar-refractivity contribution in [1.29, 1.82) is 0 Å². The number of carbonyl (C=O) groups excluding carboxylic acids is 2. The van der Waals surface area contributed by atoms with Crippen LogP contribution in [0.1, 0.15) is 37.9 Å². The van der Waals surface area contributed by atoms with E-state index in [1.54, 1.807) is 24.3 Å². The SMILES string of the molecule is O=C1c2ccccc2C(=O)N1C(c1ccccc1)c1ccc(I)cc1. The third-order valence-corrected chi connectivity index (χ3v) is 5.10. The summed E-state index contributed by atoms with van der Waals surface area (Å²) in [6.45, 7) is 0. The van der Waals surface area contributed by atoms with Crippen molar-refractivity contribution in [3.8, 4) is 0 Å². The molecule has 25 heavy (non-hydrogen) atoms. The summed E-state index contributed by atoms with van der Waals surface area (Å²) in [6, 6.07) is 24.2. The lowest BCUT2D eigenvalue weighted by molar-refractivity contribution is 0.0608. The fourth-order valence-corrected chi connectivity index (χ4v) is 3.57. The molecule has 1 atom stereocenters. The third-order valence-electron chi connectivity index (χ3n) is 4.38. The molecule has 0 aliphatic carbocycles. The summed E-state index contributed by atoms with van der Waals surface area (Å²) >= 11 is 2.24. The molecule has 4 heteroatoms. The van der Waals surface area contributed by atoms with Gasteiger partial charge in [0.1, 0.15) is 0 Å². The summed E-state index contributed by atoms with van der Waals surface area (Å²) in [4.78, 5) is 27.3. The second kappa shape index (κ2) is 6.44. The largest absolute Gasteiger partial charge is 0.269 e. The van der Waals surface area contributed by atoms with Crippen LogP contribution in [-0.4, -0.2) is 16.7 Å². The quantitative estimate of drug-likeness (QED) is 0.439. The Hall–Kier alpha value is -2.47. The number of hydrogen-bond acceptors (Lipinski definition) is 2. The smallest absolute Gasteiger partial charge is 0.262 e. The summed E-state index contributed by atoms with van der Waals surface area (Å²) < 4.78 is 1.11. The second-order valence-electron chi connectivity index (χ2n) is 5.89. The molecule has 1 heterocycles. The number of amides is 2. The first-order chi connectivity index (χ1) is 12.2. The van der Waals surface area contributed by atoms with Crippen molar-refractivity contribution in [2.45, 2.75) is 6.04 Å². The number of halogens is 1. The Labute approximate surface area is 159 Å². The highest BCUT2D eigenvalue weighted by Gasteiger charge is 2.40. The summed E-state index contributed by atoms with van der Waals surface area (Å²) in [7, 11) is 0. The highest BCUT2D eigenvalue weighted by atomic mass is 127. The molecule has 0 fully saturated rings. The lowest BCUT2D eigenvalue weighted by atomic mass is 9.97. The first-order valence-corrected chi connectivity index (χ1v) is 9.02. The van der Waals surface area contributed by atoms with Crippen LogP contribution in [0.5, 0.6) is 0 Å². The topological polar surface area (TPSA) is 37.4 Å². The zero-order valence-electron chi connectivity index (χ0n) is 13.2. The van der Waals surface area contributed by atoms with Gasteiger partial charge in [-0.15, -0.1) is 0 Å². The van der Waals surface area contributed by atoms with E-state index in [1.807, 2.05) is 54.6 Å². The minimum atomic E-state index is -0.439. The van der Waals surface area contributed by atoms with Gasteiger partial charge in [-0.25, -0.2) is 0 Å². The molecule has 1 unspecified atom stereocenters. The normalized spacial score (nSPS) is 14.5. The summed E-state index contributed by atoms with van der Waals surface area (Å²) in [5.41, 5.74) is 2.78. The number of carbonyl (C=O) groups is 2. The molecule has 0 spiro atoms. The minimum absolute atomic E-state index is 0.243. The Morgan fingerprint density at radius 3 is 1.68 bits per heavy atom. The van der Waals surface area contributed by atoms with Gasteiger partial charge >= 0.3 is 0 Å². The monoisotopic (exact) mass is 439 g/mol. The van der Waals surface area contributed by atoms with E-state index in [4.69, 9.17) is 0 Å². The molecule has 0 aromatic heterocycles. The molecule has 0 bridgehead atoms. The van der Waals surface area contributed by atoms with Gasteiger partial charge < -0.3 is 0 Å². The maximum atomic E-state index is 13.0. The molecule has 4 rings (SSSR count). The van der Waals surface area contributed by atoms with Gasteiger partial charge in [0, 0.05) is 3.57 Å². The maximum Gasteiger partial charge on any atom is 0.262 e. The van der Waals surface area contributed by atoms with Gasteiger partial charge in [0.2, 0.25) is 0 Å². The van der Waals surface area contributed by atoms with Crippen LogP contribution in [0.2, 0.25) is 0 Å². The van der Waals surface area contributed by atoms with Gasteiger partial charge in [-0.2, -0.15) is 0 Å². The van der Waals surface area contributed by atoms with Gasteiger partial charge in [0.25, 0.3) is 11.8 Å². The fraction of sp³-hybridized carbons (Fsp3) is 0.0476. The molecule has 0 radical (unpaired) electrons. The van der Waals surface area contributed by atoms with Gasteiger partial charge in [-0.3, -0.25) is 14.5 Å². The molecule has 3 aromatic rings. The third kappa shape index (κ3) is 2.76. The summed E-state index contributed by atoms with van der Waals surface area (Å²) in [5, 5.41) is 0. The highest BCUT2D eigenvalue weighted by Crippen LogP contribution is 2.35. The minimum Gasteiger partial charge on any atom is -0.269 e. The van der Waals surface area contributed by atoms with E-state index >= 15 is 0 Å². The Balaban J connectivity index is 1.86. The molecular weight excluding hydrogens is 425 g/mol. The number of imide groups is 1. The lowest BCUT2D eigenvalue weighted by Crippen LogP contribution is -2.34.